The van der Waals surface area contributed by atoms with Gasteiger partial charge in [0.05, 0.1) is 16.9 Å². The Morgan fingerprint density at radius 1 is 1.26 bits per heavy atom. The topological polar surface area (TPSA) is 68.5 Å². The Balaban J connectivity index is 1.53. The van der Waals surface area contributed by atoms with Gasteiger partial charge in [0.2, 0.25) is 0 Å². The summed E-state index contributed by atoms with van der Waals surface area (Å²) in [4.78, 5) is 12.1. The van der Waals surface area contributed by atoms with Gasteiger partial charge in [-0.3, -0.25) is 9.48 Å². The van der Waals surface area contributed by atoms with Crippen LogP contribution in [0.5, 0.6) is 5.75 Å². The SMILES string of the molecule is Cn1ncc(Br)c1C(=O)N/N=C\c1ccc(OCc2ccc(F)cc2)cc1. The average Bonchev–Trinajstić information content (AvgIpc) is 3.00. The van der Waals surface area contributed by atoms with Gasteiger partial charge in [-0.25, -0.2) is 9.82 Å². The number of hydrazone groups is 1. The number of amides is 1. The van der Waals surface area contributed by atoms with Gasteiger partial charge in [0, 0.05) is 7.05 Å². The Morgan fingerprint density at radius 3 is 2.59 bits per heavy atom. The monoisotopic (exact) mass is 430 g/mol. The fraction of sp³-hybridized carbons (Fsp3) is 0.105. The van der Waals surface area contributed by atoms with E-state index in [1.807, 2.05) is 12.1 Å². The van der Waals surface area contributed by atoms with Crippen LogP contribution in [0.4, 0.5) is 4.39 Å². The first-order chi connectivity index (χ1) is 13.0. The Kier molecular flexibility index (Phi) is 5.97. The number of carbonyl (C=O) groups is 1. The molecule has 0 aliphatic heterocycles. The predicted molar refractivity (Wildman–Crippen MR) is 103 cm³/mol. The molecule has 0 atom stereocenters. The summed E-state index contributed by atoms with van der Waals surface area (Å²) >= 11 is 3.27. The molecule has 0 saturated carbocycles. The van der Waals surface area contributed by atoms with Crippen LogP contribution >= 0.6 is 15.9 Å². The molecular formula is C19H16BrFN4O2. The van der Waals surface area contributed by atoms with Crippen LogP contribution in [-0.2, 0) is 13.7 Å². The van der Waals surface area contributed by atoms with E-state index in [9.17, 15) is 9.18 Å². The number of rotatable bonds is 6. The molecule has 0 saturated heterocycles. The zero-order valence-electron chi connectivity index (χ0n) is 14.4. The van der Waals surface area contributed by atoms with Gasteiger partial charge in [0.1, 0.15) is 23.9 Å². The first-order valence-corrected chi connectivity index (χ1v) is 8.80. The second kappa shape index (κ2) is 8.59. The number of hydrogen-bond acceptors (Lipinski definition) is 4. The van der Waals surface area contributed by atoms with Gasteiger partial charge in [0.15, 0.2) is 0 Å². The quantitative estimate of drug-likeness (QED) is 0.479. The minimum Gasteiger partial charge on any atom is -0.489 e. The van der Waals surface area contributed by atoms with Crippen LogP contribution in [0.1, 0.15) is 21.6 Å². The zero-order valence-corrected chi connectivity index (χ0v) is 16.0. The summed E-state index contributed by atoms with van der Waals surface area (Å²) in [6, 6.07) is 13.4. The molecule has 138 valence electrons. The van der Waals surface area contributed by atoms with Gasteiger partial charge in [-0.15, -0.1) is 0 Å². The molecule has 6 nitrogen and oxygen atoms in total. The lowest BCUT2D eigenvalue weighted by Crippen LogP contribution is -2.21. The van der Waals surface area contributed by atoms with E-state index < -0.39 is 0 Å². The number of nitrogens with zero attached hydrogens (tertiary/aromatic N) is 3. The van der Waals surface area contributed by atoms with E-state index >= 15 is 0 Å². The summed E-state index contributed by atoms with van der Waals surface area (Å²) in [5, 5.41) is 7.93. The van der Waals surface area contributed by atoms with E-state index in [1.165, 1.54) is 23.0 Å². The van der Waals surface area contributed by atoms with Gasteiger partial charge in [0.25, 0.3) is 5.91 Å². The van der Waals surface area contributed by atoms with E-state index in [0.717, 1.165) is 11.1 Å². The molecule has 0 radical (unpaired) electrons. The molecule has 3 rings (SSSR count). The van der Waals surface area contributed by atoms with E-state index in [2.05, 4.69) is 31.6 Å². The zero-order chi connectivity index (χ0) is 19.2. The molecular weight excluding hydrogens is 415 g/mol. The molecule has 27 heavy (non-hydrogen) atoms. The number of aryl methyl sites for hydroxylation is 1. The van der Waals surface area contributed by atoms with Gasteiger partial charge in [-0.1, -0.05) is 12.1 Å². The highest BCUT2D eigenvalue weighted by Gasteiger charge is 2.14. The molecule has 1 amide bonds. The molecule has 3 aromatic rings. The van der Waals surface area contributed by atoms with Crippen molar-refractivity contribution in [1.82, 2.24) is 15.2 Å². The van der Waals surface area contributed by atoms with Gasteiger partial charge < -0.3 is 4.74 Å². The van der Waals surface area contributed by atoms with Crippen LogP contribution in [0.2, 0.25) is 0 Å². The van der Waals surface area contributed by atoms with Crippen molar-refractivity contribution >= 4 is 28.1 Å². The summed E-state index contributed by atoms with van der Waals surface area (Å²) in [6.45, 7) is 0.351. The van der Waals surface area contributed by atoms with Gasteiger partial charge in [-0.2, -0.15) is 10.2 Å². The lowest BCUT2D eigenvalue weighted by molar-refractivity contribution is 0.0945. The summed E-state index contributed by atoms with van der Waals surface area (Å²) in [7, 11) is 1.67. The van der Waals surface area contributed by atoms with Crippen LogP contribution in [0.25, 0.3) is 0 Å². The Morgan fingerprint density at radius 2 is 1.96 bits per heavy atom. The van der Waals surface area contributed by atoms with Gasteiger partial charge in [-0.05, 0) is 63.5 Å². The molecule has 1 N–H and O–H groups in total. The van der Waals surface area contributed by atoms with Crippen LogP contribution in [0, 0.1) is 5.82 Å². The highest BCUT2D eigenvalue weighted by molar-refractivity contribution is 9.10. The van der Waals surface area contributed by atoms with E-state index in [0.29, 0.717) is 22.5 Å². The third-order valence-electron chi connectivity index (χ3n) is 3.69. The summed E-state index contributed by atoms with van der Waals surface area (Å²) in [5.41, 5.74) is 4.52. The van der Waals surface area contributed by atoms with Crippen molar-refractivity contribution in [3.05, 3.63) is 81.8 Å². The van der Waals surface area contributed by atoms with E-state index in [1.54, 1.807) is 37.5 Å². The van der Waals surface area contributed by atoms with Gasteiger partial charge >= 0.3 is 0 Å². The van der Waals surface area contributed by atoms with Crippen LogP contribution < -0.4 is 10.2 Å². The van der Waals surface area contributed by atoms with Crippen molar-refractivity contribution in [2.24, 2.45) is 12.1 Å². The highest BCUT2D eigenvalue weighted by atomic mass is 79.9. The first-order valence-electron chi connectivity index (χ1n) is 8.01. The third kappa shape index (κ3) is 5.01. The van der Waals surface area contributed by atoms with Crippen molar-refractivity contribution in [1.29, 1.82) is 0 Å². The fourth-order valence-corrected chi connectivity index (χ4v) is 2.81. The second-order valence-electron chi connectivity index (χ2n) is 5.65. The molecule has 1 heterocycles. The maximum atomic E-state index is 12.9. The molecule has 8 heteroatoms. The van der Waals surface area contributed by atoms with Crippen molar-refractivity contribution in [3.8, 4) is 5.75 Å². The third-order valence-corrected chi connectivity index (χ3v) is 4.27. The standard InChI is InChI=1S/C19H16BrFN4O2/c1-25-18(17(20)11-23-25)19(26)24-22-10-13-4-8-16(9-5-13)27-12-14-2-6-15(21)7-3-14/h2-11H,12H2,1H3,(H,24,26)/b22-10-. The minimum atomic E-state index is -0.364. The lowest BCUT2D eigenvalue weighted by atomic mass is 10.2. The van der Waals surface area contributed by atoms with Crippen molar-refractivity contribution in [2.45, 2.75) is 6.61 Å². The molecule has 0 unspecified atom stereocenters. The number of nitrogens with one attached hydrogen (secondary N) is 1. The summed E-state index contributed by atoms with van der Waals surface area (Å²) in [6.07, 6.45) is 3.08. The molecule has 1 aromatic heterocycles. The largest absolute Gasteiger partial charge is 0.489 e. The average molecular weight is 431 g/mol. The van der Waals surface area contributed by atoms with E-state index in [4.69, 9.17) is 4.74 Å². The number of ether oxygens (including phenoxy) is 1. The summed E-state index contributed by atoms with van der Waals surface area (Å²) < 4.78 is 20.6. The Hall–Kier alpha value is -3.00. The van der Waals surface area contributed by atoms with Crippen LogP contribution in [-0.4, -0.2) is 21.9 Å². The summed E-state index contributed by atoms with van der Waals surface area (Å²) in [5.74, 6) is 0.0435. The number of hydrogen-bond donors (Lipinski definition) is 1. The number of aromatic nitrogens is 2. The van der Waals surface area contributed by atoms with Crippen molar-refractivity contribution in [3.63, 3.8) is 0 Å². The van der Waals surface area contributed by atoms with Crippen LogP contribution in [0.15, 0.2) is 64.3 Å². The normalized spacial score (nSPS) is 10.9. The number of benzene rings is 2. The highest BCUT2D eigenvalue weighted by Crippen LogP contribution is 2.15. The fourth-order valence-electron chi connectivity index (χ4n) is 2.28. The Bertz CT molecular complexity index is 933. The molecule has 0 aliphatic carbocycles. The molecule has 0 spiro atoms. The lowest BCUT2D eigenvalue weighted by Gasteiger charge is -2.06. The molecule has 2 aromatic carbocycles. The number of halogens is 2. The second-order valence-corrected chi connectivity index (χ2v) is 6.50. The predicted octanol–water partition coefficient (Wildman–Crippen LogP) is 3.66. The maximum Gasteiger partial charge on any atom is 0.290 e. The van der Waals surface area contributed by atoms with Crippen molar-refractivity contribution < 1.29 is 13.9 Å². The first kappa shape index (κ1) is 18.8. The maximum absolute atomic E-state index is 12.9. The molecule has 0 aliphatic rings. The molecule has 0 fully saturated rings. The molecule has 0 bridgehead atoms. The minimum absolute atomic E-state index is 0.273. The van der Waals surface area contributed by atoms with Crippen LogP contribution in [0.3, 0.4) is 0 Å². The van der Waals surface area contributed by atoms with Crippen molar-refractivity contribution in [2.75, 3.05) is 0 Å². The number of carbonyl (C=O) groups excluding carboxylic acids is 1. The Labute approximate surface area is 163 Å². The smallest absolute Gasteiger partial charge is 0.290 e. The van der Waals surface area contributed by atoms with E-state index in [-0.39, 0.29) is 11.7 Å².